The average molecular weight is 528 g/mol. The fourth-order valence-corrected chi connectivity index (χ4v) is 3.53. The van der Waals surface area contributed by atoms with E-state index in [2.05, 4.69) is 31.8 Å². The number of hydrogen-bond acceptors (Lipinski definition) is 5. The number of anilines is 1. The second kappa shape index (κ2) is 11.9. The Balaban J connectivity index is 1.64. The van der Waals surface area contributed by atoms with Gasteiger partial charge in [-0.25, -0.2) is 9.82 Å². The van der Waals surface area contributed by atoms with Crippen molar-refractivity contribution in [2.45, 2.75) is 20.5 Å². The standard InChI is InChI=1S/C25H23BrFN3O4/c1-3-33-22-13-18(12-21(26)23(22)34-15-17-6-4-5-16(2)11-17)14-28-30-25(32)24(31)29-20-9-7-19(27)8-10-20/h4-14H,3,15H2,1-2H3,(H,29,31)(H,30,32)/b28-14+. The van der Waals surface area contributed by atoms with E-state index >= 15 is 0 Å². The van der Waals surface area contributed by atoms with E-state index in [1.54, 1.807) is 12.1 Å². The molecule has 3 aromatic carbocycles. The number of nitrogens with one attached hydrogen (secondary N) is 2. The van der Waals surface area contributed by atoms with Gasteiger partial charge in [-0.1, -0.05) is 29.8 Å². The van der Waals surface area contributed by atoms with Gasteiger partial charge in [-0.15, -0.1) is 0 Å². The van der Waals surface area contributed by atoms with E-state index in [1.807, 2.05) is 38.1 Å². The number of rotatable bonds is 8. The highest BCUT2D eigenvalue weighted by Crippen LogP contribution is 2.37. The first-order valence-corrected chi connectivity index (χ1v) is 11.2. The maximum absolute atomic E-state index is 12.9. The van der Waals surface area contributed by atoms with Crippen molar-refractivity contribution in [3.63, 3.8) is 0 Å². The maximum Gasteiger partial charge on any atom is 0.329 e. The third-order valence-corrected chi connectivity index (χ3v) is 5.07. The first-order valence-electron chi connectivity index (χ1n) is 10.4. The molecule has 3 rings (SSSR count). The van der Waals surface area contributed by atoms with Crippen LogP contribution >= 0.6 is 15.9 Å². The van der Waals surface area contributed by atoms with Gasteiger partial charge < -0.3 is 14.8 Å². The van der Waals surface area contributed by atoms with Crippen molar-refractivity contribution in [3.8, 4) is 11.5 Å². The topological polar surface area (TPSA) is 89.0 Å². The molecule has 0 heterocycles. The monoisotopic (exact) mass is 527 g/mol. The van der Waals surface area contributed by atoms with Gasteiger partial charge in [-0.05, 0) is 77.3 Å². The molecule has 0 aliphatic carbocycles. The second-order valence-electron chi connectivity index (χ2n) is 7.20. The maximum atomic E-state index is 12.9. The van der Waals surface area contributed by atoms with Crippen molar-refractivity contribution in [1.29, 1.82) is 0 Å². The number of hydrogen-bond donors (Lipinski definition) is 2. The van der Waals surface area contributed by atoms with Crippen molar-refractivity contribution in [3.05, 3.63) is 87.6 Å². The SMILES string of the molecule is CCOc1cc(/C=N/NC(=O)C(=O)Nc2ccc(F)cc2)cc(Br)c1OCc1cccc(C)c1. The summed E-state index contributed by atoms with van der Waals surface area (Å²) in [6.45, 7) is 4.67. The Bertz CT molecular complexity index is 1200. The van der Waals surface area contributed by atoms with Gasteiger partial charge in [0.05, 0.1) is 17.3 Å². The van der Waals surface area contributed by atoms with Crippen LogP contribution in [-0.4, -0.2) is 24.6 Å². The summed E-state index contributed by atoms with van der Waals surface area (Å²) in [6, 6.07) is 16.5. The Morgan fingerprint density at radius 2 is 1.82 bits per heavy atom. The van der Waals surface area contributed by atoms with Crippen molar-refractivity contribution < 1.29 is 23.5 Å². The smallest absolute Gasteiger partial charge is 0.329 e. The van der Waals surface area contributed by atoms with Gasteiger partial charge in [0.25, 0.3) is 0 Å². The largest absolute Gasteiger partial charge is 0.490 e. The zero-order valence-corrected chi connectivity index (χ0v) is 20.2. The minimum absolute atomic E-state index is 0.289. The van der Waals surface area contributed by atoms with Gasteiger partial charge in [0, 0.05) is 5.69 Å². The predicted octanol–water partition coefficient (Wildman–Crippen LogP) is 4.96. The van der Waals surface area contributed by atoms with Crippen molar-refractivity contribution in [1.82, 2.24) is 5.43 Å². The molecule has 9 heteroatoms. The predicted molar refractivity (Wildman–Crippen MR) is 132 cm³/mol. The molecule has 34 heavy (non-hydrogen) atoms. The quantitative estimate of drug-likeness (QED) is 0.246. The van der Waals surface area contributed by atoms with Crippen LogP contribution in [0.1, 0.15) is 23.6 Å². The van der Waals surface area contributed by atoms with E-state index in [1.165, 1.54) is 30.5 Å². The van der Waals surface area contributed by atoms with Crippen LogP contribution in [-0.2, 0) is 16.2 Å². The summed E-state index contributed by atoms with van der Waals surface area (Å²) < 4.78 is 25.3. The van der Waals surface area contributed by atoms with Gasteiger partial charge in [0.1, 0.15) is 12.4 Å². The molecule has 0 aromatic heterocycles. The third kappa shape index (κ3) is 7.14. The fourth-order valence-electron chi connectivity index (χ4n) is 2.96. The first-order chi connectivity index (χ1) is 16.4. The summed E-state index contributed by atoms with van der Waals surface area (Å²) in [7, 11) is 0. The summed E-state index contributed by atoms with van der Waals surface area (Å²) in [5.74, 6) is -1.30. The van der Waals surface area contributed by atoms with Gasteiger partial charge in [0.15, 0.2) is 11.5 Å². The number of carbonyl (C=O) groups is 2. The second-order valence-corrected chi connectivity index (χ2v) is 8.06. The van der Waals surface area contributed by atoms with Crippen molar-refractivity contribution in [2.75, 3.05) is 11.9 Å². The summed E-state index contributed by atoms with van der Waals surface area (Å²) >= 11 is 3.50. The highest BCUT2D eigenvalue weighted by Gasteiger charge is 2.14. The molecule has 0 spiro atoms. The van der Waals surface area contributed by atoms with Crippen LogP contribution in [0.5, 0.6) is 11.5 Å². The number of amides is 2. The minimum atomic E-state index is -0.970. The van der Waals surface area contributed by atoms with E-state index in [9.17, 15) is 14.0 Å². The van der Waals surface area contributed by atoms with Crippen LogP contribution < -0.4 is 20.2 Å². The molecule has 0 atom stereocenters. The van der Waals surface area contributed by atoms with Crippen LogP contribution in [0, 0.1) is 12.7 Å². The zero-order valence-electron chi connectivity index (χ0n) is 18.6. The van der Waals surface area contributed by atoms with Crippen molar-refractivity contribution >= 4 is 39.6 Å². The van der Waals surface area contributed by atoms with E-state index in [4.69, 9.17) is 9.47 Å². The number of halogens is 2. The molecule has 0 saturated heterocycles. The highest BCUT2D eigenvalue weighted by atomic mass is 79.9. The van der Waals surface area contributed by atoms with Crippen LogP contribution in [0.4, 0.5) is 10.1 Å². The van der Waals surface area contributed by atoms with Crippen LogP contribution in [0.2, 0.25) is 0 Å². The number of hydrazone groups is 1. The fraction of sp³-hybridized carbons (Fsp3) is 0.160. The average Bonchev–Trinajstić information content (AvgIpc) is 2.80. The molecule has 7 nitrogen and oxygen atoms in total. The number of ether oxygens (including phenoxy) is 2. The molecule has 3 aromatic rings. The number of benzene rings is 3. The zero-order chi connectivity index (χ0) is 24.5. The number of nitrogens with zero attached hydrogens (tertiary/aromatic N) is 1. The summed E-state index contributed by atoms with van der Waals surface area (Å²) in [6.07, 6.45) is 1.38. The van der Waals surface area contributed by atoms with Crippen LogP contribution in [0.25, 0.3) is 0 Å². The number of carbonyl (C=O) groups excluding carboxylic acids is 2. The molecule has 0 aliphatic heterocycles. The molecule has 0 aliphatic rings. The Morgan fingerprint density at radius 1 is 1.06 bits per heavy atom. The first kappa shape index (κ1) is 24.9. The van der Waals surface area contributed by atoms with E-state index in [0.717, 1.165) is 11.1 Å². The summed E-state index contributed by atoms with van der Waals surface area (Å²) in [5.41, 5.74) is 5.23. The molecule has 0 unspecified atom stereocenters. The molecular weight excluding hydrogens is 505 g/mol. The van der Waals surface area contributed by atoms with Crippen LogP contribution in [0.3, 0.4) is 0 Å². The van der Waals surface area contributed by atoms with Gasteiger partial charge in [-0.2, -0.15) is 5.10 Å². The summed E-state index contributed by atoms with van der Waals surface area (Å²) in [4.78, 5) is 23.9. The Kier molecular flexibility index (Phi) is 8.75. The lowest BCUT2D eigenvalue weighted by Gasteiger charge is -2.15. The van der Waals surface area contributed by atoms with Gasteiger partial charge in [0.2, 0.25) is 0 Å². The Morgan fingerprint density at radius 3 is 2.53 bits per heavy atom. The minimum Gasteiger partial charge on any atom is -0.490 e. The molecule has 2 N–H and O–H groups in total. The lowest BCUT2D eigenvalue weighted by Crippen LogP contribution is -2.32. The van der Waals surface area contributed by atoms with Crippen molar-refractivity contribution in [2.24, 2.45) is 5.10 Å². The molecule has 2 amide bonds. The Labute approximate surface area is 205 Å². The highest BCUT2D eigenvalue weighted by molar-refractivity contribution is 9.10. The molecule has 176 valence electrons. The third-order valence-electron chi connectivity index (χ3n) is 4.49. The number of aryl methyl sites for hydroxylation is 1. The summed E-state index contributed by atoms with van der Waals surface area (Å²) in [5, 5.41) is 6.19. The van der Waals surface area contributed by atoms with E-state index in [0.29, 0.717) is 34.7 Å². The normalized spacial score (nSPS) is 10.7. The van der Waals surface area contributed by atoms with Gasteiger partial charge >= 0.3 is 11.8 Å². The molecular formula is C25H23BrFN3O4. The van der Waals surface area contributed by atoms with Crippen LogP contribution in [0.15, 0.2) is 70.2 Å². The van der Waals surface area contributed by atoms with Gasteiger partial charge in [-0.3, -0.25) is 9.59 Å². The molecule has 0 fully saturated rings. The Hall–Kier alpha value is -3.72. The van der Waals surface area contributed by atoms with E-state index in [-0.39, 0.29) is 5.69 Å². The molecule has 0 bridgehead atoms. The van der Waals surface area contributed by atoms with E-state index < -0.39 is 17.6 Å². The lowest BCUT2D eigenvalue weighted by atomic mass is 10.1. The lowest BCUT2D eigenvalue weighted by molar-refractivity contribution is -0.136. The molecule has 0 saturated carbocycles. The molecule has 0 radical (unpaired) electrons.